The zero-order chi connectivity index (χ0) is 26.5. The third-order valence-corrected chi connectivity index (χ3v) is 6.83. The zero-order valence-electron chi connectivity index (χ0n) is 19.3. The maximum absolute atomic E-state index is 13.0. The second kappa shape index (κ2) is 11.9. The van der Waals surface area contributed by atoms with Gasteiger partial charge in [0.05, 0.1) is 17.0 Å². The van der Waals surface area contributed by atoms with Crippen LogP contribution in [0.25, 0.3) is 6.08 Å². The average molecular weight is 578 g/mol. The molecule has 3 aromatic rings. The predicted molar refractivity (Wildman–Crippen MR) is 147 cm³/mol. The Labute approximate surface area is 232 Å². The number of hydrogen-bond donors (Lipinski definition) is 1. The van der Waals surface area contributed by atoms with E-state index in [1.54, 1.807) is 42.5 Å². The molecule has 3 aromatic carbocycles. The fourth-order valence-corrected chi connectivity index (χ4v) is 4.90. The Morgan fingerprint density at radius 3 is 2.49 bits per heavy atom. The van der Waals surface area contributed by atoms with Crippen molar-refractivity contribution >= 4 is 75.4 Å². The lowest BCUT2D eigenvalue weighted by atomic mass is 10.1. The van der Waals surface area contributed by atoms with Crippen LogP contribution in [0.1, 0.15) is 11.1 Å². The third-order valence-electron chi connectivity index (χ3n) is 5.15. The summed E-state index contributed by atoms with van der Waals surface area (Å²) in [6, 6.07) is 16.9. The highest BCUT2D eigenvalue weighted by atomic mass is 35.5. The lowest BCUT2D eigenvalue weighted by Gasteiger charge is -2.13. The van der Waals surface area contributed by atoms with Gasteiger partial charge >= 0.3 is 0 Å². The van der Waals surface area contributed by atoms with Crippen LogP contribution in [0.3, 0.4) is 0 Å². The topological polar surface area (TPSA) is 84.9 Å². The molecule has 0 atom stereocenters. The number of amides is 3. The predicted octanol–water partition coefficient (Wildman–Crippen LogP) is 6.91. The van der Waals surface area contributed by atoms with E-state index < -0.39 is 23.6 Å². The molecular weight excluding hydrogens is 559 g/mol. The van der Waals surface area contributed by atoms with Gasteiger partial charge in [-0.25, -0.2) is 0 Å². The molecule has 0 bridgehead atoms. The van der Waals surface area contributed by atoms with Crippen molar-refractivity contribution in [3.8, 4) is 11.5 Å². The van der Waals surface area contributed by atoms with E-state index in [1.165, 1.54) is 19.3 Å². The number of methoxy groups -OCH3 is 1. The number of carbonyl (C=O) groups is 3. The van der Waals surface area contributed by atoms with Crippen LogP contribution in [-0.4, -0.2) is 35.6 Å². The zero-order valence-corrected chi connectivity index (χ0v) is 22.4. The summed E-state index contributed by atoms with van der Waals surface area (Å²) in [5, 5.41) is 3.38. The summed E-state index contributed by atoms with van der Waals surface area (Å²) in [6.07, 6.45) is 1.52. The van der Waals surface area contributed by atoms with Crippen molar-refractivity contribution in [2.75, 3.05) is 19.0 Å². The minimum absolute atomic E-state index is 0.139. The number of imide groups is 1. The molecule has 7 nitrogen and oxygen atoms in total. The van der Waals surface area contributed by atoms with Crippen molar-refractivity contribution in [2.45, 2.75) is 6.61 Å². The maximum Gasteiger partial charge on any atom is 0.294 e. The van der Waals surface area contributed by atoms with Crippen LogP contribution in [0, 0.1) is 0 Å². The highest BCUT2D eigenvalue weighted by molar-refractivity contribution is 8.18. The summed E-state index contributed by atoms with van der Waals surface area (Å²) in [5.41, 5.74) is 1.77. The number of rotatable bonds is 8. The molecular formula is C26H19Cl3N2O5S. The number of hydrogen-bond acceptors (Lipinski definition) is 6. The molecule has 0 saturated carbocycles. The molecule has 0 spiro atoms. The number of nitrogens with one attached hydrogen (secondary N) is 1. The van der Waals surface area contributed by atoms with Crippen LogP contribution in [0.2, 0.25) is 15.1 Å². The monoisotopic (exact) mass is 576 g/mol. The SMILES string of the molecule is COc1ccc(NC(=O)CN2C(=O)S/C(=C/c3cc(Cl)ccc3OCc3cccc(Cl)c3)C2=O)cc1Cl. The molecule has 1 aliphatic heterocycles. The highest BCUT2D eigenvalue weighted by Gasteiger charge is 2.36. The van der Waals surface area contributed by atoms with Gasteiger partial charge in [-0.3, -0.25) is 19.3 Å². The lowest BCUT2D eigenvalue weighted by molar-refractivity contribution is -0.127. The molecule has 0 aliphatic carbocycles. The molecule has 1 aliphatic rings. The number of ether oxygens (including phenoxy) is 2. The first-order valence-electron chi connectivity index (χ1n) is 10.8. The molecule has 37 heavy (non-hydrogen) atoms. The van der Waals surface area contributed by atoms with E-state index in [2.05, 4.69) is 5.32 Å². The van der Waals surface area contributed by atoms with Crippen molar-refractivity contribution in [3.05, 3.63) is 91.8 Å². The summed E-state index contributed by atoms with van der Waals surface area (Å²) in [7, 11) is 1.48. The molecule has 4 rings (SSSR count). The van der Waals surface area contributed by atoms with E-state index in [4.69, 9.17) is 44.3 Å². The molecule has 1 heterocycles. The van der Waals surface area contributed by atoms with E-state index in [0.29, 0.717) is 37.8 Å². The van der Waals surface area contributed by atoms with Gasteiger partial charge in [0, 0.05) is 21.3 Å². The normalized spacial score (nSPS) is 14.3. The molecule has 0 radical (unpaired) electrons. The molecule has 190 valence electrons. The number of carbonyl (C=O) groups excluding carboxylic acids is 3. The Balaban J connectivity index is 1.47. The van der Waals surface area contributed by atoms with Gasteiger partial charge in [-0.2, -0.15) is 0 Å². The molecule has 3 amide bonds. The van der Waals surface area contributed by atoms with Crippen molar-refractivity contribution < 1.29 is 23.9 Å². The van der Waals surface area contributed by atoms with Gasteiger partial charge in [0.2, 0.25) is 5.91 Å². The standard InChI is InChI=1S/C26H19Cl3N2O5S/c1-35-22-8-6-19(12-20(22)29)30-24(32)13-31-25(33)23(37-26(31)34)11-16-10-18(28)5-7-21(16)36-14-15-3-2-4-17(27)9-15/h2-12H,13-14H2,1H3,(H,30,32)/b23-11+. The number of halogens is 3. The first-order valence-corrected chi connectivity index (χ1v) is 12.7. The molecule has 1 fully saturated rings. The third kappa shape index (κ3) is 6.78. The Morgan fingerprint density at radius 1 is 1.00 bits per heavy atom. The van der Waals surface area contributed by atoms with Gasteiger partial charge in [-0.05, 0) is 71.9 Å². The summed E-state index contributed by atoms with van der Waals surface area (Å²) >= 11 is 19.0. The molecule has 0 unspecified atom stereocenters. The number of nitrogens with zero attached hydrogens (tertiary/aromatic N) is 1. The number of anilines is 1. The summed E-state index contributed by atoms with van der Waals surface area (Å²) in [6.45, 7) is -0.223. The summed E-state index contributed by atoms with van der Waals surface area (Å²) in [4.78, 5) is 39.0. The van der Waals surface area contributed by atoms with Crippen LogP contribution in [0.15, 0.2) is 65.6 Å². The van der Waals surface area contributed by atoms with Crippen molar-refractivity contribution in [1.82, 2.24) is 4.90 Å². The van der Waals surface area contributed by atoms with Crippen molar-refractivity contribution in [3.63, 3.8) is 0 Å². The van der Waals surface area contributed by atoms with E-state index in [0.717, 1.165) is 22.2 Å². The Hall–Kier alpha value is -3.17. The first kappa shape index (κ1) is 26.9. The number of thioether (sulfide) groups is 1. The minimum Gasteiger partial charge on any atom is -0.495 e. The summed E-state index contributed by atoms with van der Waals surface area (Å²) < 4.78 is 11.0. The van der Waals surface area contributed by atoms with Crippen LogP contribution >= 0.6 is 46.6 Å². The van der Waals surface area contributed by atoms with Crippen molar-refractivity contribution in [2.24, 2.45) is 0 Å². The number of benzene rings is 3. The lowest BCUT2D eigenvalue weighted by Crippen LogP contribution is -2.36. The van der Waals surface area contributed by atoms with Crippen LogP contribution < -0.4 is 14.8 Å². The second-order valence-electron chi connectivity index (χ2n) is 7.77. The fourth-order valence-electron chi connectivity index (χ4n) is 3.42. The largest absolute Gasteiger partial charge is 0.495 e. The smallest absolute Gasteiger partial charge is 0.294 e. The van der Waals surface area contributed by atoms with Gasteiger partial charge in [-0.1, -0.05) is 46.9 Å². The van der Waals surface area contributed by atoms with E-state index in [9.17, 15) is 14.4 Å². The van der Waals surface area contributed by atoms with Gasteiger partial charge in [0.1, 0.15) is 24.7 Å². The van der Waals surface area contributed by atoms with Gasteiger partial charge in [0.25, 0.3) is 11.1 Å². The Bertz CT molecular complexity index is 1410. The molecule has 1 saturated heterocycles. The minimum atomic E-state index is -0.598. The quantitative estimate of drug-likeness (QED) is 0.293. The van der Waals surface area contributed by atoms with Gasteiger partial charge < -0.3 is 14.8 Å². The van der Waals surface area contributed by atoms with E-state index >= 15 is 0 Å². The van der Waals surface area contributed by atoms with Gasteiger partial charge in [-0.15, -0.1) is 0 Å². The molecule has 11 heteroatoms. The average Bonchev–Trinajstić information content (AvgIpc) is 3.11. The Kier molecular flexibility index (Phi) is 8.66. The fraction of sp³-hybridized carbons (Fsp3) is 0.115. The summed E-state index contributed by atoms with van der Waals surface area (Å²) in [5.74, 6) is -0.241. The first-order chi connectivity index (χ1) is 17.7. The van der Waals surface area contributed by atoms with Crippen LogP contribution in [0.5, 0.6) is 11.5 Å². The Morgan fingerprint density at radius 2 is 1.76 bits per heavy atom. The van der Waals surface area contributed by atoms with Crippen molar-refractivity contribution in [1.29, 1.82) is 0 Å². The molecule has 1 N–H and O–H groups in total. The van der Waals surface area contributed by atoms with E-state index in [-0.39, 0.29) is 11.5 Å². The van der Waals surface area contributed by atoms with Crippen LogP contribution in [-0.2, 0) is 16.2 Å². The maximum atomic E-state index is 13.0. The van der Waals surface area contributed by atoms with Crippen LogP contribution in [0.4, 0.5) is 10.5 Å². The second-order valence-corrected chi connectivity index (χ2v) is 10.0. The highest BCUT2D eigenvalue weighted by Crippen LogP contribution is 2.35. The molecule has 0 aromatic heterocycles. The van der Waals surface area contributed by atoms with E-state index in [1.807, 2.05) is 12.1 Å². The van der Waals surface area contributed by atoms with Gasteiger partial charge in [0.15, 0.2) is 0 Å².